The van der Waals surface area contributed by atoms with E-state index in [1.807, 2.05) is 42.5 Å². The zero-order valence-electron chi connectivity index (χ0n) is 22.4. The van der Waals surface area contributed by atoms with E-state index in [9.17, 15) is 19.7 Å². The highest BCUT2D eigenvalue weighted by atomic mass is 127. The first-order chi connectivity index (χ1) is 20.2. The maximum atomic E-state index is 13.9. The number of halogens is 2. The van der Waals surface area contributed by atoms with Crippen LogP contribution >= 0.6 is 56.5 Å². The number of benzene rings is 3. The van der Waals surface area contributed by atoms with Gasteiger partial charge >= 0.3 is 5.97 Å². The second-order valence-electron chi connectivity index (χ2n) is 9.24. The average molecular weight is 807 g/mol. The van der Waals surface area contributed by atoms with Crippen LogP contribution < -0.4 is 19.6 Å². The molecule has 0 spiro atoms. The zero-order chi connectivity index (χ0) is 30.0. The number of rotatable bonds is 8. The van der Waals surface area contributed by atoms with Crippen molar-refractivity contribution in [1.29, 1.82) is 0 Å². The van der Waals surface area contributed by atoms with E-state index in [2.05, 4.69) is 50.2 Å². The summed E-state index contributed by atoms with van der Waals surface area (Å²) in [4.78, 5) is 42.7. The Hall–Kier alpha value is -3.37. The number of nitro groups is 1. The molecular weight excluding hydrogens is 784 g/mol. The normalized spacial score (nSPS) is 14.8. The number of esters is 1. The molecule has 0 saturated heterocycles. The van der Waals surface area contributed by atoms with E-state index < -0.39 is 16.9 Å². The molecule has 0 bridgehead atoms. The minimum Gasteiger partial charge on any atom is -0.487 e. The lowest BCUT2D eigenvalue weighted by atomic mass is 9.95. The largest absolute Gasteiger partial charge is 0.487 e. The molecule has 4 aromatic rings. The molecular formula is C30H23I2N3O6S. The topological polar surface area (TPSA) is 113 Å². The molecule has 2 heterocycles. The number of aromatic nitrogens is 1. The van der Waals surface area contributed by atoms with Crippen LogP contribution in [0.4, 0.5) is 5.69 Å². The van der Waals surface area contributed by atoms with Crippen LogP contribution in [-0.2, 0) is 16.1 Å². The number of ether oxygens (including phenoxy) is 2. The number of allylic oxidation sites excluding steroid dienone is 1. The van der Waals surface area contributed by atoms with Crippen molar-refractivity contribution < 1.29 is 19.2 Å². The van der Waals surface area contributed by atoms with Gasteiger partial charge in [-0.3, -0.25) is 19.5 Å². The molecule has 3 aromatic carbocycles. The fraction of sp³-hybridized carbons (Fsp3) is 0.167. The van der Waals surface area contributed by atoms with Crippen molar-refractivity contribution in [2.45, 2.75) is 26.5 Å². The fourth-order valence-electron chi connectivity index (χ4n) is 4.57. The summed E-state index contributed by atoms with van der Waals surface area (Å²) in [7, 11) is 0. The molecule has 1 aliphatic heterocycles. The Labute approximate surface area is 271 Å². The quantitative estimate of drug-likeness (QED) is 0.101. The number of carbonyl (C=O) groups is 1. The first-order valence-electron chi connectivity index (χ1n) is 12.8. The summed E-state index contributed by atoms with van der Waals surface area (Å²) >= 11 is 5.67. The predicted octanol–water partition coefficient (Wildman–Crippen LogP) is 5.49. The second-order valence-corrected chi connectivity index (χ2v) is 12.6. The molecule has 1 aliphatic rings. The van der Waals surface area contributed by atoms with Crippen molar-refractivity contribution in [2.24, 2.45) is 4.99 Å². The number of non-ortho nitro benzene ring substituents is 1. The molecule has 0 fully saturated rings. The monoisotopic (exact) mass is 807 g/mol. The molecule has 0 saturated carbocycles. The molecule has 42 heavy (non-hydrogen) atoms. The van der Waals surface area contributed by atoms with E-state index in [4.69, 9.17) is 9.47 Å². The molecule has 5 rings (SSSR count). The SMILES string of the molecule is CCOC(=O)C1=C(C)N=c2s/c(=C/c3cc(I)c(OCc4ccccc4)c(I)c3)c(=O)n2[C@@H]1c1ccc([N+](=O)[O-])cc1. The molecule has 0 radical (unpaired) electrons. The maximum absolute atomic E-state index is 13.9. The van der Waals surface area contributed by atoms with Crippen LogP contribution in [-0.4, -0.2) is 22.1 Å². The lowest BCUT2D eigenvalue weighted by molar-refractivity contribution is -0.384. The van der Waals surface area contributed by atoms with Gasteiger partial charge < -0.3 is 9.47 Å². The third kappa shape index (κ3) is 6.20. The highest BCUT2D eigenvalue weighted by molar-refractivity contribution is 14.1. The average Bonchev–Trinajstić information content (AvgIpc) is 3.26. The Balaban J connectivity index is 1.57. The number of carbonyl (C=O) groups excluding carboxylic acids is 1. The summed E-state index contributed by atoms with van der Waals surface area (Å²) in [6.07, 6.45) is 1.80. The molecule has 12 heteroatoms. The third-order valence-electron chi connectivity index (χ3n) is 6.48. The summed E-state index contributed by atoms with van der Waals surface area (Å²) in [5, 5.41) is 11.2. The molecule has 0 unspecified atom stereocenters. The Kier molecular flexibility index (Phi) is 9.22. The van der Waals surface area contributed by atoms with Gasteiger partial charge in [-0.1, -0.05) is 41.7 Å². The summed E-state index contributed by atoms with van der Waals surface area (Å²) in [6.45, 7) is 3.98. The van der Waals surface area contributed by atoms with Crippen molar-refractivity contribution in [1.82, 2.24) is 4.57 Å². The maximum Gasteiger partial charge on any atom is 0.338 e. The summed E-state index contributed by atoms with van der Waals surface area (Å²) in [5.41, 5.74) is 2.64. The van der Waals surface area contributed by atoms with Gasteiger partial charge in [0.05, 0.1) is 40.5 Å². The van der Waals surface area contributed by atoms with E-state index in [1.165, 1.54) is 28.0 Å². The number of hydrogen-bond donors (Lipinski definition) is 0. The number of fused-ring (bicyclic) bond motifs is 1. The van der Waals surface area contributed by atoms with Gasteiger partial charge in [0, 0.05) is 12.1 Å². The van der Waals surface area contributed by atoms with Crippen LogP contribution in [0.1, 0.15) is 36.6 Å². The van der Waals surface area contributed by atoms with E-state index in [-0.39, 0.29) is 23.4 Å². The molecule has 1 atom stereocenters. The van der Waals surface area contributed by atoms with Crippen LogP contribution in [0.3, 0.4) is 0 Å². The molecule has 0 amide bonds. The van der Waals surface area contributed by atoms with Crippen LogP contribution in [0, 0.1) is 17.3 Å². The minimum atomic E-state index is -0.850. The first-order valence-corrected chi connectivity index (χ1v) is 15.7. The molecule has 1 aromatic heterocycles. The zero-order valence-corrected chi connectivity index (χ0v) is 27.5. The highest BCUT2D eigenvalue weighted by Crippen LogP contribution is 2.32. The van der Waals surface area contributed by atoms with E-state index in [0.29, 0.717) is 27.2 Å². The van der Waals surface area contributed by atoms with Gasteiger partial charge in [0.25, 0.3) is 11.2 Å². The van der Waals surface area contributed by atoms with Gasteiger partial charge in [-0.2, -0.15) is 0 Å². The van der Waals surface area contributed by atoms with Gasteiger partial charge in [-0.25, -0.2) is 9.79 Å². The van der Waals surface area contributed by atoms with Gasteiger partial charge in [-0.05, 0) is 106 Å². The van der Waals surface area contributed by atoms with E-state index >= 15 is 0 Å². The van der Waals surface area contributed by atoms with Gasteiger partial charge in [0.2, 0.25) is 0 Å². The molecule has 0 aliphatic carbocycles. The molecule has 9 nitrogen and oxygen atoms in total. The van der Waals surface area contributed by atoms with Gasteiger partial charge in [0.15, 0.2) is 4.80 Å². The Morgan fingerprint density at radius 1 is 1.12 bits per heavy atom. The molecule has 214 valence electrons. The first kappa shape index (κ1) is 30.1. The highest BCUT2D eigenvalue weighted by Gasteiger charge is 2.33. The second kappa shape index (κ2) is 12.9. The summed E-state index contributed by atoms with van der Waals surface area (Å²) in [6, 6.07) is 18.8. The Morgan fingerprint density at radius 3 is 2.40 bits per heavy atom. The van der Waals surface area contributed by atoms with Crippen molar-refractivity contribution in [2.75, 3.05) is 6.61 Å². The van der Waals surface area contributed by atoms with Crippen molar-refractivity contribution in [3.63, 3.8) is 0 Å². The lowest BCUT2D eigenvalue weighted by Crippen LogP contribution is -2.39. The van der Waals surface area contributed by atoms with E-state index in [0.717, 1.165) is 24.0 Å². The predicted molar refractivity (Wildman–Crippen MR) is 176 cm³/mol. The number of nitrogens with zero attached hydrogens (tertiary/aromatic N) is 3. The Morgan fingerprint density at radius 2 is 1.79 bits per heavy atom. The number of thiazole rings is 1. The van der Waals surface area contributed by atoms with Crippen molar-refractivity contribution in [3.05, 3.63) is 132 Å². The van der Waals surface area contributed by atoms with Crippen molar-refractivity contribution >= 4 is 74.3 Å². The van der Waals surface area contributed by atoms with Crippen molar-refractivity contribution in [3.8, 4) is 5.75 Å². The molecule has 0 N–H and O–H groups in total. The fourth-order valence-corrected chi connectivity index (χ4v) is 7.74. The Bertz CT molecular complexity index is 1880. The minimum absolute atomic E-state index is 0.0926. The van der Waals surface area contributed by atoms with Crippen LogP contribution in [0.2, 0.25) is 0 Å². The van der Waals surface area contributed by atoms with E-state index in [1.54, 1.807) is 32.1 Å². The smallest absolute Gasteiger partial charge is 0.338 e. The van der Waals surface area contributed by atoms with Gasteiger partial charge in [-0.15, -0.1) is 0 Å². The number of hydrogen-bond acceptors (Lipinski definition) is 8. The standard InChI is InChI=1S/C30H23I2N3O6S/c1-3-40-29(37)25-17(2)33-30-34(26(25)20-9-11-21(12-10-20)35(38)39)28(36)24(42-30)15-19-13-22(31)27(23(32)14-19)41-16-18-7-5-4-6-8-18/h4-15,26H,3,16H2,1-2H3/b24-15+/t26-/m1/s1. The summed E-state index contributed by atoms with van der Waals surface area (Å²) in [5.74, 6) is 0.179. The third-order valence-corrected chi connectivity index (χ3v) is 9.07. The van der Waals surface area contributed by atoms with Crippen LogP contribution in [0.5, 0.6) is 5.75 Å². The van der Waals surface area contributed by atoms with Crippen LogP contribution in [0.15, 0.2) is 87.8 Å². The lowest BCUT2D eigenvalue weighted by Gasteiger charge is -2.24. The number of nitro benzene ring substituents is 1. The van der Waals surface area contributed by atoms with Crippen LogP contribution in [0.25, 0.3) is 6.08 Å². The van der Waals surface area contributed by atoms with Gasteiger partial charge in [0.1, 0.15) is 12.4 Å². The summed E-state index contributed by atoms with van der Waals surface area (Å²) < 4.78 is 15.1.